The van der Waals surface area contributed by atoms with Crippen LogP contribution in [-0.2, 0) is 0 Å². The number of aliphatic hydroxyl groups excluding tert-OH is 1. The van der Waals surface area contributed by atoms with E-state index in [0.29, 0.717) is 11.5 Å². The van der Waals surface area contributed by atoms with Gasteiger partial charge in [0.05, 0.1) is 14.2 Å². The van der Waals surface area contributed by atoms with Crippen molar-refractivity contribution in [1.29, 1.82) is 0 Å². The SMILES string of the molecule is COc1ccc([C@H](O)c2ccc(Br)cc2)cc1OC. The van der Waals surface area contributed by atoms with Gasteiger partial charge in [-0.25, -0.2) is 0 Å². The highest BCUT2D eigenvalue weighted by molar-refractivity contribution is 9.10. The van der Waals surface area contributed by atoms with Gasteiger partial charge in [-0.3, -0.25) is 0 Å². The Bertz CT molecular complexity index is 552. The van der Waals surface area contributed by atoms with E-state index in [4.69, 9.17) is 9.47 Å². The number of ether oxygens (including phenoxy) is 2. The Morgan fingerprint density at radius 1 is 0.895 bits per heavy atom. The molecule has 0 fully saturated rings. The van der Waals surface area contributed by atoms with E-state index in [0.717, 1.165) is 15.6 Å². The summed E-state index contributed by atoms with van der Waals surface area (Å²) in [6.07, 6.45) is -0.687. The molecule has 1 atom stereocenters. The molecule has 19 heavy (non-hydrogen) atoms. The van der Waals surface area contributed by atoms with Gasteiger partial charge in [0, 0.05) is 4.47 Å². The van der Waals surface area contributed by atoms with E-state index in [1.165, 1.54) is 0 Å². The Morgan fingerprint density at radius 3 is 2.05 bits per heavy atom. The van der Waals surface area contributed by atoms with Crippen molar-refractivity contribution in [3.63, 3.8) is 0 Å². The van der Waals surface area contributed by atoms with E-state index in [-0.39, 0.29) is 0 Å². The number of halogens is 1. The van der Waals surface area contributed by atoms with Crippen LogP contribution in [0, 0.1) is 0 Å². The zero-order valence-corrected chi connectivity index (χ0v) is 12.3. The maximum Gasteiger partial charge on any atom is 0.161 e. The van der Waals surface area contributed by atoms with Gasteiger partial charge < -0.3 is 14.6 Å². The molecule has 0 heterocycles. The molecule has 0 unspecified atom stereocenters. The third-order valence-corrected chi connectivity index (χ3v) is 3.44. The van der Waals surface area contributed by atoms with Crippen molar-refractivity contribution < 1.29 is 14.6 Å². The predicted molar refractivity (Wildman–Crippen MR) is 77.7 cm³/mol. The summed E-state index contributed by atoms with van der Waals surface area (Å²) in [5, 5.41) is 10.4. The smallest absolute Gasteiger partial charge is 0.161 e. The Morgan fingerprint density at radius 2 is 1.47 bits per heavy atom. The molecule has 2 aromatic rings. The normalized spacial score (nSPS) is 12.0. The standard InChI is InChI=1S/C15H15BrO3/c1-18-13-8-5-11(9-14(13)19-2)15(17)10-3-6-12(16)7-4-10/h3-9,15,17H,1-2H3/t15-/m1/s1. The molecule has 0 aromatic heterocycles. The highest BCUT2D eigenvalue weighted by Gasteiger charge is 2.13. The lowest BCUT2D eigenvalue weighted by molar-refractivity contribution is 0.219. The van der Waals surface area contributed by atoms with Crippen LogP contribution in [0.1, 0.15) is 17.2 Å². The van der Waals surface area contributed by atoms with Crippen LogP contribution in [0.4, 0.5) is 0 Å². The van der Waals surface area contributed by atoms with Gasteiger partial charge >= 0.3 is 0 Å². The number of benzene rings is 2. The average molecular weight is 323 g/mol. The van der Waals surface area contributed by atoms with Gasteiger partial charge in [0.1, 0.15) is 6.10 Å². The van der Waals surface area contributed by atoms with Crippen LogP contribution in [0.5, 0.6) is 11.5 Å². The van der Waals surface area contributed by atoms with E-state index in [1.807, 2.05) is 30.3 Å². The molecule has 1 N–H and O–H groups in total. The Hall–Kier alpha value is -1.52. The Labute approximate surface area is 120 Å². The number of aliphatic hydroxyl groups is 1. The lowest BCUT2D eigenvalue weighted by Gasteiger charge is -2.14. The summed E-state index contributed by atoms with van der Waals surface area (Å²) < 4.78 is 11.4. The first-order valence-corrected chi connectivity index (χ1v) is 6.60. The van der Waals surface area contributed by atoms with Gasteiger partial charge in [-0.05, 0) is 35.4 Å². The summed E-state index contributed by atoms with van der Waals surface area (Å²) in [5.41, 5.74) is 1.59. The molecule has 0 aliphatic rings. The molecular formula is C15H15BrO3. The van der Waals surface area contributed by atoms with Gasteiger partial charge in [0.25, 0.3) is 0 Å². The first-order valence-electron chi connectivity index (χ1n) is 5.81. The highest BCUT2D eigenvalue weighted by Crippen LogP contribution is 2.32. The van der Waals surface area contributed by atoms with E-state index in [1.54, 1.807) is 26.4 Å². The molecule has 0 bridgehead atoms. The van der Waals surface area contributed by atoms with Crippen molar-refractivity contribution in [3.8, 4) is 11.5 Å². The summed E-state index contributed by atoms with van der Waals surface area (Å²) in [7, 11) is 3.16. The maximum atomic E-state index is 10.4. The minimum absolute atomic E-state index is 0.608. The van der Waals surface area contributed by atoms with Crippen LogP contribution >= 0.6 is 15.9 Å². The van der Waals surface area contributed by atoms with Crippen molar-refractivity contribution in [2.24, 2.45) is 0 Å². The highest BCUT2D eigenvalue weighted by atomic mass is 79.9. The zero-order valence-electron chi connectivity index (χ0n) is 10.8. The third kappa shape index (κ3) is 3.08. The second-order valence-corrected chi connectivity index (χ2v) is 4.98. The minimum atomic E-state index is -0.687. The first kappa shape index (κ1) is 13.9. The Kier molecular flexibility index (Phi) is 4.45. The van der Waals surface area contributed by atoms with Crippen molar-refractivity contribution in [1.82, 2.24) is 0 Å². The second kappa shape index (κ2) is 6.08. The molecule has 0 aliphatic carbocycles. The summed E-state index contributed by atoms with van der Waals surface area (Å²) in [4.78, 5) is 0. The van der Waals surface area contributed by atoms with Crippen molar-refractivity contribution >= 4 is 15.9 Å². The summed E-state index contributed by atoms with van der Waals surface area (Å²) in [6.45, 7) is 0. The van der Waals surface area contributed by atoms with Crippen molar-refractivity contribution in [2.75, 3.05) is 14.2 Å². The van der Waals surface area contributed by atoms with Crippen molar-refractivity contribution in [2.45, 2.75) is 6.10 Å². The van der Waals surface area contributed by atoms with Crippen LogP contribution in [0.15, 0.2) is 46.9 Å². The van der Waals surface area contributed by atoms with Gasteiger partial charge in [-0.2, -0.15) is 0 Å². The maximum absolute atomic E-state index is 10.4. The predicted octanol–water partition coefficient (Wildman–Crippen LogP) is 3.55. The van der Waals surface area contributed by atoms with E-state index < -0.39 is 6.10 Å². The van der Waals surface area contributed by atoms with Gasteiger partial charge in [0.15, 0.2) is 11.5 Å². The number of hydrogen-bond donors (Lipinski definition) is 1. The second-order valence-electron chi connectivity index (χ2n) is 4.07. The van der Waals surface area contributed by atoms with Crippen LogP contribution in [0.3, 0.4) is 0 Å². The molecule has 3 nitrogen and oxygen atoms in total. The molecular weight excluding hydrogens is 308 g/mol. The summed E-state index contributed by atoms with van der Waals surface area (Å²) in [6, 6.07) is 13.0. The lowest BCUT2D eigenvalue weighted by atomic mass is 10.0. The average Bonchev–Trinajstić information content (AvgIpc) is 2.46. The Balaban J connectivity index is 2.33. The fourth-order valence-electron chi connectivity index (χ4n) is 1.86. The number of rotatable bonds is 4. The number of methoxy groups -OCH3 is 2. The summed E-state index contributed by atoms with van der Waals surface area (Å²) in [5.74, 6) is 1.26. The van der Waals surface area contributed by atoms with E-state index in [2.05, 4.69) is 15.9 Å². The quantitative estimate of drug-likeness (QED) is 0.935. The van der Waals surface area contributed by atoms with Gasteiger partial charge in [-0.15, -0.1) is 0 Å². The molecule has 0 saturated carbocycles. The zero-order chi connectivity index (χ0) is 13.8. The molecule has 100 valence electrons. The summed E-state index contributed by atoms with van der Waals surface area (Å²) >= 11 is 3.37. The van der Waals surface area contributed by atoms with Crippen LogP contribution < -0.4 is 9.47 Å². The van der Waals surface area contributed by atoms with Crippen molar-refractivity contribution in [3.05, 3.63) is 58.1 Å². The topological polar surface area (TPSA) is 38.7 Å². The minimum Gasteiger partial charge on any atom is -0.493 e. The molecule has 0 saturated heterocycles. The molecule has 0 amide bonds. The molecule has 4 heteroatoms. The van der Waals surface area contributed by atoms with Gasteiger partial charge in [-0.1, -0.05) is 34.1 Å². The fraction of sp³-hybridized carbons (Fsp3) is 0.200. The molecule has 0 spiro atoms. The van der Waals surface area contributed by atoms with E-state index >= 15 is 0 Å². The molecule has 2 aromatic carbocycles. The monoisotopic (exact) mass is 322 g/mol. The van der Waals surface area contributed by atoms with Crippen LogP contribution in [0.2, 0.25) is 0 Å². The molecule has 0 aliphatic heterocycles. The number of hydrogen-bond acceptors (Lipinski definition) is 3. The first-order chi connectivity index (χ1) is 9.15. The molecule has 2 rings (SSSR count). The largest absolute Gasteiger partial charge is 0.493 e. The van der Waals surface area contributed by atoms with Crippen LogP contribution in [0.25, 0.3) is 0 Å². The van der Waals surface area contributed by atoms with Gasteiger partial charge in [0.2, 0.25) is 0 Å². The van der Waals surface area contributed by atoms with Crippen LogP contribution in [-0.4, -0.2) is 19.3 Å². The molecule has 0 radical (unpaired) electrons. The van der Waals surface area contributed by atoms with E-state index in [9.17, 15) is 5.11 Å². The lowest BCUT2D eigenvalue weighted by Crippen LogP contribution is -2.00. The third-order valence-electron chi connectivity index (χ3n) is 2.91. The fourth-order valence-corrected chi connectivity index (χ4v) is 2.12.